The Morgan fingerprint density at radius 2 is 1.87 bits per heavy atom. The van der Waals surface area contributed by atoms with E-state index in [1.807, 2.05) is 29.3 Å². The number of methoxy groups -OCH3 is 1. The standard InChI is InChI=1S/C24H18ClFN2O3/c1-30-24(29)16-4-2-15(3-5-16)23-28-21(19-12-17(25)8-11-22(19)31-23)13-20(27-28)14-6-9-18(26)10-7-14/h2-12,21,23H,13H2,1H3/t21-,23-/m0/s1. The van der Waals surface area contributed by atoms with Gasteiger partial charge in [-0.2, -0.15) is 5.10 Å². The topological polar surface area (TPSA) is 51.1 Å². The van der Waals surface area contributed by atoms with Crippen molar-refractivity contribution >= 4 is 23.3 Å². The van der Waals surface area contributed by atoms with Gasteiger partial charge < -0.3 is 9.47 Å². The molecule has 0 bridgehead atoms. The Bertz CT molecular complexity index is 1180. The van der Waals surface area contributed by atoms with Crippen LogP contribution in [0.5, 0.6) is 5.75 Å². The fraction of sp³-hybridized carbons (Fsp3) is 0.167. The summed E-state index contributed by atoms with van der Waals surface area (Å²) in [6.07, 6.45) is 0.155. The van der Waals surface area contributed by atoms with Crippen molar-refractivity contribution < 1.29 is 18.7 Å². The molecule has 2 heterocycles. The van der Waals surface area contributed by atoms with Crippen molar-refractivity contribution in [1.82, 2.24) is 5.01 Å². The molecule has 3 aromatic rings. The fourth-order valence-corrected chi connectivity index (χ4v) is 4.18. The van der Waals surface area contributed by atoms with Gasteiger partial charge in [-0.05, 0) is 48.0 Å². The molecule has 0 saturated heterocycles. The lowest BCUT2D eigenvalue weighted by atomic mass is 9.96. The molecule has 2 atom stereocenters. The maximum absolute atomic E-state index is 13.4. The van der Waals surface area contributed by atoms with Crippen molar-refractivity contribution in [2.45, 2.75) is 18.7 Å². The third-order valence-corrected chi connectivity index (χ3v) is 5.78. The maximum Gasteiger partial charge on any atom is 0.337 e. The molecule has 0 aromatic heterocycles. The van der Waals surface area contributed by atoms with Crippen LogP contribution in [-0.4, -0.2) is 23.8 Å². The summed E-state index contributed by atoms with van der Waals surface area (Å²) in [5.74, 6) is 0.0547. The number of carbonyl (C=O) groups excluding carboxylic acids is 1. The van der Waals surface area contributed by atoms with E-state index in [0.717, 1.165) is 28.2 Å². The Morgan fingerprint density at radius 1 is 1.13 bits per heavy atom. The van der Waals surface area contributed by atoms with Crippen LogP contribution in [0, 0.1) is 5.82 Å². The number of benzene rings is 3. The van der Waals surface area contributed by atoms with Gasteiger partial charge in [0.1, 0.15) is 11.6 Å². The van der Waals surface area contributed by atoms with Gasteiger partial charge in [0.2, 0.25) is 6.23 Å². The summed E-state index contributed by atoms with van der Waals surface area (Å²) in [7, 11) is 1.35. The van der Waals surface area contributed by atoms with E-state index in [1.165, 1.54) is 19.2 Å². The first kappa shape index (κ1) is 19.6. The van der Waals surface area contributed by atoms with Crippen LogP contribution in [0.1, 0.15) is 45.7 Å². The van der Waals surface area contributed by atoms with Crippen LogP contribution >= 0.6 is 11.6 Å². The Morgan fingerprint density at radius 3 is 2.58 bits per heavy atom. The first-order chi connectivity index (χ1) is 15.0. The maximum atomic E-state index is 13.4. The van der Waals surface area contributed by atoms with E-state index in [9.17, 15) is 9.18 Å². The molecule has 7 heteroatoms. The number of carbonyl (C=O) groups is 1. The summed E-state index contributed by atoms with van der Waals surface area (Å²) in [5, 5.41) is 7.37. The van der Waals surface area contributed by atoms with E-state index in [4.69, 9.17) is 26.2 Å². The van der Waals surface area contributed by atoms with E-state index in [1.54, 1.807) is 30.3 Å². The SMILES string of the molecule is COC(=O)c1ccc([C@@H]2Oc3ccc(Cl)cc3[C@@H]3CC(c4ccc(F)cc4)=NN32)cc1. The first-order valence-electron chi connectivity index (χ1n) is 9.79. The van der Waals surface area contributed by atoms with E-state index in [2.05, 4.69) is 0 Å². The van der Waals surface area contributed by atoms with E-state index >= 15 is 0 Å². The average molecular weight is 437 g/mol. The van der Waals surface area contributed by atoms with Crippen LogP contribution in [0.2, 0.25) is 5.02 Å². The lowest BCUT2D eigenvalue weighted by Crippen LogP contribution is -2.33. The molecular weight excluding hydrogens is 419 g/mol. The Hall–Kier alpha value is -3.38. The Balaban J connectivity index is 1.55. The second-order valence-corrected chi connectivity index (χ2v) is 7.86. The molecular formula is C24H18ClFN2O3. The number of hydrogen-bond donors (Lipinski definition) is 0. The first-order valence-corrected chi connectivity index (χ1v) is 10.2. The molecule has 31 heavy (non-hydrogen) atoms. The minimum absolute atomic E-state index is 0.0761. The van der Waals surface area contributed by atoms with Crippen molar-refractivity contribution in [3.8, 4) is 5.75 Å². The zero-order chi connectivity index (χ0) is 21.5. The van der Waals surface area contributed by atoms with E-state index in [-0.39, 0.29) is 11.9 Å². The van der Waals surface area contributed by atoms with Crippen LogP contribution in [-0.2, 0) is 4.74 Å². The highest BCUT2D eigenvalue weighted by Gasteiger charge is 2.41. The third kappa shape index (κ3) is 3.53. The van der Waals surface area contributed by atoms with Crippen molar-refractivity contribution in [2.24, 2.45) is 5.10 Å². The molecule has 5 nitrogen and oxygen atoms in total. The normalized spacial score (nSPS) is 19.2. The van der Waals surface area contributed by atoms with Gasteiger partial charge in [0.25, 0.3) is 0 Å². The van der Waals surface area contributed by atoms with Gasteiger partial charge in [-0.25, -0.2) is 14.2 Å². The number of fused-ring (bicyclic) bond motifs is 3. The largest absolute Gasteiger partial charge is 0.465 e. The number of ether oxygens (including phenoxy) is 2. The van der Waals surface area contributed by atoms with Crippen molar-refractivity contribution in [3.63, 3.8) is 0 Å². The average Bonchev–Trinajstić information content (AvgIpc) is 3.24. The predicted octanol–water partition coefficient (Wildman–Crippen LogP) is 5.51. The van der Waals surface area contributed by atoms with Crippen molar-refractivity contribution in [2.75, 3.05) is 7.11 Å². The zero-order valence-corrected chi connectivity index (χ0v) is 17.3. The molecule has 0 unspecified atom stereocenters. The molecule has 0 radical (unpaired) electrons. The summed E-state index contributed by atoms with van der Waals surface area (Å²) in [4.78, 5) is 11.8. The molecule has 0 saturated carbocycles. The number of rotatable bonds is 3. The number of esters is 1. The zero-order valence-electron chi connectivity index (χ0n) is 16.6. The molecule has 156 valence electrons. The number of halogens is 2. The molecule has 0 N–H and O–H groups in total. The van der Waals surface area contributed by atoms with Gasteiger partial charge >= 0.3 is 5.97 Å². The monoisotopic (exact) mass is 436 g/mol. The molecule has 5 rings (SSSR count). The van der Waals surface area contributed by atoms with Gasteiger partial charge in [-0.1, -0.05) is 35.9 Å². The molecule has 2 aliphatic heterocycles. The minimum Gasteiger partial charge on any atom is -0.465 e. The fourth-order valence-electron chi connectivity index (χ4n) is 4.00. The summed E-state index contributed by atoms with van der Waals surface area (Å²) in [6.45, 7) is 0. The minimum atomic E-state index is -0.483. The Labute approximate surface area is 183 Å². The molecule has 0 spiro atoms. The van der Waals surface area contributed by atoms with Crippen LogP contribution in [0.25, 0.3) is 0 Å². The highest BCUT2D eigenvalue weighted by molar-refractivity contribution is 6.30. The number of hydrazone groups is 1. The van der Waals surface area contributed by atoms with Gasteiger partial charge in [-0.15, -0.1) is 0 Å². The summed E-state index contributed by atoms with van der Waals surface area (Å²) in [6, 6.07) is 18.9. The second kappa shape index (κ2) is 7.71. The van der Waals surface area contributed by atoms with Crippen LogP contribution < -0.4 is 4.74 Å². The third-order valence-electron chi connectivity index (χ3n) is 5.55. The number of nitrogens with zero attached hydrogens (tertiary/aromatic N) is 2. The van der Waals surface area contributed by atoms with Gasteiger partial charge in [0.05, 0.1) is 24.4 Å². The van der Waals surface area contributed by atoms with Crippen LogP contribution in [0.15, 0.2) is 71.8 Å². The molecule has 0 fully saturated rings. The van der Waals surface area contributed by atoms with E-state index < -0.39 is 12.2 Å². The van der Waals surface area contributed by atoms with Gasteiger partial charge in [0.15, 0.2) is 0 Å². The summed E-state index contributed by atoms with van der Waals surface area (Å²) < 4.78 is 24.5. The molecule has 3 aromatic carbocycles. The highest BCUT2D eigenvalue weighted by Crippen LogP contribution is 2.48. The lowest BCUT2D eigenvalue weighted by molar-refractivity contribution is -0.0190. The summed E-state index contributed by atoms with van der Waals surface area (Å²) >= 11 is 6.26. The molecule has 2 aliphatic rings. The van der Waals surface area contributed by atoms with Gasteiger partial charge in [-0.3, -0.25) is 0 Å². The quantitative estimate of drug-likeness (QED) is 0.508. The molecule has 0 amide bonds. The highest BCUT2D eigenvalue weighted by atomic mass is 35.5. The number of hydrogen-bond acceptors (Lipinski definition) is 5. The van der Waals surface area contributed by atoms with Crippen LogP contribution in [0.4, 0.5) is 4.39 Å². The van der Waals surface area contributed by atoms with Crippen molar-refractivity contribution in [3.05, 3.63) is 99.8 Å². The smallest absolute Gasteiger partial charge is 0.337 e. The summed E-state index contributed by atoms with van der Waals surface area (Å²) in [5.41, 5.74) is 3.97. The van der Waals surface area contributed by atoms with Gasteiger partial charge in [0, 0.05) is 22.6 Å². The van der Waals surface area contributed by atoms with E-state index in [0.29, 0.717) is 17.0 Å². The predicted molar refractivity (Wildman–Crippen MR) is 115 cm³/mol. The van der Waals surface area contributed by atoms with Crippen LogP contribution in [0.3, 0.4) is 0 Å². The Kier molecular flexibility index (Phi) is 4.87. The lowest BCUT2D eigenvalue weighted by Gasteiger charge is -2.38. The van der Waals surface area contributed by atoms with Crippen molar-refractivity contribution in [1.29, 1.82) is 0 Å². The second-order valence-electron chi connectivity index (χ2n) is 7.42. The molecule has 0 aliphatic carbocycles.